The van der Waals surface area contributed by atoms with Gasteiger partial charge in [0.2, 0.25) is 0 Å². The highest BCUT2D eigenvalue weighted by molar-refractivity contribution is 9.10. The molecule has 0 fully saturated rings. The zero-order chi connectivity index (χ0) is 15.2. The first-order chi connectivity index (χ1) is 10.0. The molecule has 1 aromatic heterocycles. The van der Waals surface area contributed by atoms with E-state index in [4.69, 9.17) is 0 Å². The van der Waals surface area contributed by atoms with Crippen molar-refractivity contribution in [2.75, 3.05) is 6.54 Å². The van der Waals surface area contributed by atoms with Crippen LogP contribution in [-0.2, 0) is 19.9 Å². The molecular formula is C17H24BrN3. The zero-order valence-corrected chi connectivity index (χ0v) is 14.6. The van der Waals surface area contributed by atoms with Gasteiger partial charge in [0.25, 0.3) is 0 Å². The summed E-state index contributed by atoms with van der Waals surface area (Å²) in [7, 11) is 1.97. The average molecular weight is 350 g/mol. The Morgan fingerprint density at radius 1 is 1.24 bits per heavy atom. The van der Waals surface area contributed by atoms with Gasteiger partial charge in [0.15, 0.2) is 0 Å². The molecule has 0 aliphatic rings. The smallest absolute Gasteiger partial charge is 0.0521 e. The first-order valence-electron chi connectivity index (χ1n) is 7.48. The number of hydrogen-bond acceptors (Lipinski definition) is 2. The van der Waals surface area contributed by atoms with E-state index in [9.17, 15) is 0 Å². The summed E-state index contributed by atoms with van der Waals surface area (Å²) in [6.45, 7) is 5.42. The lowest BCUT2D eigenvalue weighted by Gasteiger charge is -2.19. The monoisotopic (exact) mass is 349 g/mol. The van der Waals surface area contributed by atoms with Crippen molar-refractivity contribution in [3.05, 3.63) is 52.3 Å². The minimum atomic E-state index is 0.518. The van der Waals surface area contributed by atoms with E-state index in [2.05, 4.69) is 70.7 Å². The van der Waals surface area contributed by atoms with Crippen LogP contribution in [0, 0.1) is 5.92 Å². The van der Waals surface area contributed by atoms with Crippen LogP contribution in [0.2, 0.25) is 0 Å². The third-order valence-electron chi connectivity index (χ3n) is 3.51. The average Bonchev–Trinajstić information content (AvgIpc) is 2.81. The number of nitrogens with one attached hydrogen (secondary N) is 1. The maximum Gasteiger partial charge on any atom is 0.0521 e. The number of nitrogens with zero attached hydrogens (tertiary/aromatic N) is 2. The van der Waals surface area contributed by atoms with E-state index in [1.54, 1.807) is 0 Å². The van der Waals surface area contributed by atoms with E-state index in [-0.39, 0.29) is 0 Å². The van der Waals surface area contributed by atoms with Crippen molar-refractivity contribution in [1.29, 1.82) is 0 Å². The number of halogens is 1. The quantitative estimate of drug-likeness (QED) is 0.827. The molecule has 0 bridgehead atoms. The van der Waals surface area contributed by atoms with Gasteiger partial charge >= 0.3 is 0 Å². The van der Waals surface area contributed by atoms with Crippen molar-refractivity contribution in [2.45, 2.75) is 32.7 Å². The Morgan fingerprint density at radius 2 is 2.00 bits per heavy atom. The fourth-order valence-corrected chi connectivity index (χ4v) is 2.97. The normalized spacial score (nSPS) is 12.8. The van der Waals surface area contributed by atoms with Gasteiger partial charge < -0.3 is 5.32 Å². The number of aryl methyl sites for hydroxylation is 1. The Hall–Kier alpha value is -1.13. The number of hydrogen-bond donors (Lipinski definition) is 1. The van der Waals surface area contributed by atoms with E-state index >= 15 is 0 Å². The maximum atomic E-state index is 4.27. The molecule has 2 rings (SSSR count). The number of aromatic nitrogens is 2. The summed E-state index contributed by atoms with van der Waals surface area (Å²) < 4.78 is 3.03. The molecule has 4 heteroatoms. The van der Waals surface area contributed by atoms with Gasteiger partial charge in [0.05, 0.1) is 6.20 Å². The van der Waals surface area contributed by atoms with Crippen LogP contribution in [0.4, 0.5) is 0 Å². The predicted octanol–water partition coefficient (Wildman–Crippen LogP) is 3.58. The van der Waals surface area contributed by atoms with E-state index in [1.807, 2.05) is 17.9 Å². The van der Waals surface area contributed by atoms with E-state index in [0.29, 0.717) is 12.0 Å². The fraction of sp³-hybridized carbons (Fsp3) is 0.471. The van der Waals surface area contributed by atoms with Crippen molar-refractivity contribution in [3.63, 3.8) is 0 Å². The minimum Gasteiger partial charge on any atom is -0.314 e. The van der Waals surface area contributed by atoms with E-state index < -0.39 is 0 Å². The van der Waals surface area contributed by atoms with E-state index in [1.165, 1.54) is 11.1 Å². The molecule has 0 radical (unpaired) electrons. The summed E-state index contributed by atoms with van der Waals surface area (Å²) in [6.07, 6.45) is 6.22. The van der Waals surface area contributed by atoms with Crippen molar-refractivity contribution in [1.82, 2.24) is 15.1 Å². The topological polar surface area (TPSA) is 29.9 Å². The molecule has 0 aliphatic carbocycles. The van der Waals surface area contributed by atoms with Crippen LogP contribution in [-0.4, -0.2) is 22.4 Å². The highest BCUT2D eigenvalue weighted by atomic mass is 79.9. The van der Waals surface area contributed by atoms with Crippen molar-refractivity contribution < 1.29 is 0 Å². The standard InChI is InChI=1S/C17H24BrN3/c1-13(2)19-10-15(8-16-11-20-21(3)12-16)7-14-5-4-6-17(18)9-14/h4-6,9,11-13,15,19H,7-8,10H2,1-3H3. The lowest BCUT2D eigenvalue weighted by atomic mass is 9.93. The molecule has 114 valence electrons. The molecule has 0 saturated heterocycles. The van der Waals surface area contributed by atoms with Gasteiger partial charge in [-0.15, -0.1) is 0 Å². The summed E-state index contributed by atoms with van der Waals surface area (Å²) in [5.74, 6) is 0.575. The van der Waals surface area contributed by atoms with Gasteiger partial charge in [-0.05, 0) is 48.6 Å². The van der Waals surface area contributed by atoms with Crippen molar-refractivity contribution in [2.24, 2.45) is 13.0 Å². The first kappa shape index (κ1) is 16.2. The molecule has 2 aromatic rings. The van der Waals surface area contributed by atoms with Gasteiger partial charge in [0.1, 0.15) is 0 Å². The van der Waals surface area contributed by atoms with Crippen molar-refractivity contribution in [3.8, 4) is 0 Å². The summed E-state index contributed by atoms with van der Waals surface area (Å²) in [5.41, 5.74) is 2.69. The lowest BCUT2D eigenvalue weighted by molar-refractivity contribution is 0.444. The molecule has 21 heavy (non-hydrogen) atoms. The molecule has 1 heterocycles. The third kappa shape index (κ3) is 5.64. The molecule has 3 nitrogen and oxygen atoms in total. The molecule has 0 amide bonds. The van der Waals surface area contributed by atoms with Gasteiger partial charge in [-0.1, -0.05) is 41.9 Å². The van der Waals surface area contributed by atoms with Crippen LogP contribution in [0.15, 0.2) is 41.1 Å². The van der Waals surface area contributed by atoms with Crippen molar-refractivity contribution >= 4 is 15.9 Å². The molecule has 1 N–H and O–H groups in total. The summed E-state index contributed by atoms with van der Waals surface area (Å²) in [5, 5.41) is 7.84. The second-order valence-electron chi connectivity index (χ2n) is 5.99. The molecule has 0 saturated carbocycles. The number of benzene rings is 1. The summed E-state index contributed by atoms with van der Waals surface area (Å²) in [6, 6.07) is 9.12. The second-order valence-corrected chi connectivity index (χ2v) is 6.91. The highest BCUT2D eigenvalue weighted by Gasteiger charge is 2.13. The van der Waals surface area contributed by atoms with E-state index in [0.717, 1.165) is 23.9 Å². The molecule has 1 unspecified atom stereocenters. The predicted molar refractivity (Wildman–Crippen MR) is 91.4 cm³/mol. The molecule has 0 spiro atoms. The third-order valence-corrected chi connectivity index (χ3v) is 4.00. The molecule has 1 atom stereocenters. The van der Waals surface area contributed by atoms with Crippen LogP contribution in [0.3, 0.4) is 0 Å². The zero-order valence-electron chi connectivity index (χ0n) is 13.0. The minimum absolute atomic E-state index is 0.518. The Morgan fingerprint density at radius 3 is 2.62 bits per heavy atom. The Bertz CT molecular complexity index is 563. The second kappa shape index (κ2) is 7.76. The van der Waals surface area contributed by atoms with Crippen LogP contribution in [0.5, 0.6) is 0 Å². The van der Waals surface area contributed by atoms with Crippen LogP contribution in [0.1, 0.15) is 25.0 Å². The molecule has 1 aromatic carbocycles. The summed E-state index contributed by atoms with van der Waals surface area (Å²) >= 11 is 3.56. The van der Waals surface area contributed by atoms with Gasteiger partial charge in [-0.2, -0.15) is 5.10 Å². The van der Waals surface area contributed by atoms with Gasteiger partial charge in [0, 0.05) is 23.8 Å². The Kier molecular flexibility index (Phi) is 6.00. The largest absolute Gasteiger partial charge is 0.314 e. The Labute approximate surface area is 135 Å². The van der Waals surface area contributed by atoms with Crippen LogP contribution in [0.25, 0.3) is 0 Å². The van der Waals surface area contributed by atoms with Crippen LogP contribution >= 0.6 is 15.9 Å². The number of rotatable bonds is 7. The van der Waals surface area contributed by atoms with Gasteiger partial charge in [-0.3, -0.25) is 4.68 Å². The van der Waals surface area contributed by atoms with Crippen LogP contribution < -0.4 is 5.32 Å². The lowest BCUT2D eigenvalue weighted by Crippen LogP contribution is -2.31. The SMILES string of the molecule is CC(C)NCC(Cc1cccc(Br)c1)Cc1cnn(C)c1. The maximum absolute atomic E-state index is 4.27. The molecular weight excluding hydrogens is 326 g/mol. The molecule has 0 aliphatic heterocycles. The first-order valence-corrected chi connectivity index (χ1v) is 8.27. The fourth-order valence-electron chi connectivity index (χ4n) is 2.53. The highest BCUT2D eigenvalue weighted by Crippen LogP contribution is 2.18. The Balaban J connectivity index is 2.04. The van der Waals surface area contributed by atoms with Gasteiger partial charge in [-0.25, -0.2) is 0 Å². The summed E-state index contributed by atoms with van der Waals surface area (Å²) in [4.78, 5) is 0.